The van der Waals surface area contributed by atoms with Crippen LogP contribution in [0.3, 0.4) is 0 Å². The molecule has 0 aromatic rings. The summed E-state index contributed by atoms with van der Waals surface area (Å²) in [5.74, 6) is 0.220. The monoisotopic (exact) mass is 229 g/mol. The third-order valence-electron chi connectivity index (χ3n) is 2.01. The van der Waals surface area contributed by atoms with E-state index in [0.717, 1.165) is 0 Å². The van der Waals surface area contributed by atoms with Crippen LogP contribution in [0.1, 0.15) is 53.9 Å². The smallest absolute Gasteiger partial charge is 0.407 e. The zero-order chi connectivity index (χ0) is 12.8. The normalized spacial score (nSPS) is 13.1. The van der Waals surface area contributed by atoms with Crippen LogP contribution in [0.15, 0.2) is 0 Å². The molecule has 1 atom stereocenters. The first-order valence-corrected chi connectivity index (χ1v) is 5.75. The second-order valence-electron chi connectivity index (χ2n) is 4.98. The van der Waals surface area contributed by atoms with Gasteiger partial charge < -0.3 is 10.1 Å². The minimum atomic E-state index is -0.483. The Hall–Kier alpha value is -1.06. The Kier molecular flexibility index (Phi) is 6.08. The second-order valence-corrected chi connectivity index (χ2v) is 4.98. The number of alkyl carbamates (subject to hydrolysis) is 1. The van der Waals surface area contributed by atoms with E-state index in [-0.39, 0.29) is 11.8 Å². The number of carbonyl (C=O) groups is 2. The van der Waals surface area contributed by atoms with Crippen molar-refractivity contribution in [1.29, 1.82) is 0 Å². The molecule has 0 aliphatic heterocycles. The van der Waals surface area contributed by atoms with Crippen molar-refractivity contribution in [1.82, 2.24) is 5.32 Å². The summed E-state index contributed by atoms with van der Waals surface area (Å²) in [7, 11) is 0. The first-order chi connectivity index (χ1) is 7.24. The summed E-state index contributed by atoms with van der Waals surface area (Å²) in [5.41, 5.74) is -0.483. The topological polar surface area (TPSA) is 55.4 Å². The molecule has 0 aromatic heterocycles. The van der Waals surface area contributed by atoms with Crippen LogP contribution in [0, 0.1) is 0 Å². The molecule has 4 heteroatoms. The lowest BCUT2D eigenvalue weighted by molar-refractivity contribution is -0.118. The van der Waals surface area contributed by atoms with Gasteiger partial charge in [-0.05, 0) is 34.1 Å². The van der Waals surface area contributed by atoms with Crippen LogP contribution in [-0.2, 0) is 9.53 Å². The van der Waals surface area contributed by atoms with Crippen molar-refractivity contribution in [2.45, 2.75) is 65.5 Å². The number of amides is 1. The van der Waals surface area contributed by atoms with Crippen LogP contribution in [0.2, 0.25) is 0 Å². The lowest BCUT2D eigenvalue weighted by Gasteiger charge is -2.21. The fraction of sp³-hybridized carbons (Fsp3) is 0.833. The number of hydrogen-bond donors (Lipinski definition) is 1. The Morgan fingerprint density at radius 2 is 1.88 bits per heavy atom. The molecule has 16 heavy (non-hydrogen) atoms. The van der Waals surface area contributed by atoms with Crippen LogP contribution in [-0.4, -0.2) is 23.5 Å². The van der Waals surface area contributed by atoms with Gasteiger partial charge in [-0.3, -0.25) is 4.79 Å². The van der Waals surface area contributed by atoms with Gasteiger partial charge in [0.05, 0.1) is 0 Å². The third kappa shape index (κ3) is 8.26. The van der Waals surface area contributed by atoms with Crippen molar-refractivity contribution >= 4 is 11.9 Å². The summed E-state index contributed by atoms with van der Waals surface area (Å²) in [6.45, 7) is 9.16. The quantitative estimate of drug-likeness (QED) is 0.788. The van der Waals surface area contributed by atoms with Crippen molar-refractivity contribution < 1.29 is 14.3 Å². The number of Topliss-reactive ketones (excluding diaryl/α,β-unsaturated/α-hetero) is 1. The molecule has 4 nitrogen and oxygen atoms in total. The van der Waals surface area contributed by atoms with Crippen LogP contribution in [0.4, 0.5) is 4.79 Å². The van der Waals surface area contributed by atoms with E-state index < -0.39 is 11.7 Å². The van der Waals surface area contributed by atoms with Gasteiger partial charge in [-0.2, -0.15) is 0 Å². The van der Waals surface area contributed by atoms with Crippen LogP contribution < -0.4 is 5.32 Å². The average Bonchev–Trinajstić information content (AvgIpc) is 2.10. The predicted molar refractivity (Wildman–Crippen MR) is 63.4 cm³/mol. The standard InChI is InChI=1S/C12H23NO3/c1-6-10(14)8-7-9(2)13-11(15)16-12(3,4)5/h9H,6-8H2,1-5H3,(H,13,15)/t9-/m0/s1. The van der Waals surface area contributed by atoms with E-state index in [1.165, 1.54) is 0 Å². The van der Waals surface area contributed by atoms with E-state index in [2.05, 4.69) is 5.32 Å². The molecule has 0 aliphatic rings. The first kappa shape index (κ1) is 14.9. The van der Waals surface area contributed by atoms with Gasteiger partial charge in [-0.1, -0.05) is 6.92 Å². The Morgan fingerprint density at radius 3 is 2.31 bits per heavy atom. The molecular weight excluding hydrogens is 206 g/mol. The van der Waals surface area contributed by atoms with Gasteiger partial charge in [0.25, 0.3) is 0 Å². The Labute approximate surface area is 97.7 Å². The van der Waals surface area contributed by atoms with Gasteiger partial charge >= 0.3 is 6.09 Å². The van der Waals surface area contributed by atoms with Crippen molar-refractivity contribution in [2.24, 2.45) is 0 Å². The molecule has 0 rings (SSSR count). The minimum Gasteiger partial charge on any atom is -0.444 e. The van der Waals surface area contributed by atoms with E-state index in [4.69, 9.17) is 4.74 Å². The second kappa shape index (κ2) is 6.51. The van der Waals surface area contributed by atoms with Crippen molar-refractivity contribution in [2.75, 3.05) is 0 Å². The van der Waals surface area contributed by atoms with Gasteiger partial charge in [0.2, 0.25) is 0 Å². The maximum absolute atomic E-state index is 11.4. The SMILES string of the molecule is CCC(=O)CC[C@H](C)NC(=O)OC(C)(C)C. The highest BCUT2D eigenvalue weighted by Gasteiger charge is 2.17. The lowest BCUT2D eigenvalue weighted by atomic mass is 10.1. The molecular formula is C12H23NO3. The third-order valence-corrected chi connectivity index (χ3v) is 2.01. The molecule has 0 heterocycles. The van der Waals surface area contributed by atoms with Crippen molar-refractivity contribution in [3.8, 4) is 0 Å². The average molecular weight is 229 g/mol. The summed E-state index contributed by atoms with van der Waals surface area (Å²) in [6.07, 6.45) is 1.29. The first-order valence-electron chi connectivity index (χ1n) is 5.75. The number of ether oxygens (including phenoxy) is 1. The van der Waals surface area contributed by atoms with Crippen LogP contribution in [0.5, 0.6) is 0 Å². The Balaban J connectivity index is 3.83. The van der Waals surface area contributed by atoms with E-state index in [9.17, 15) is 9.59 Å². The summed E-state index contributed by atoms with van der Waals surface area (Å²) < 4.78 is 5.11. The number of rotatable bonds is 5. The van der Waals surface area contributed by atoms with E-state index in [1.807, 2.05) is 34.6 Å². The van der Waals surface area contributed by atoms with E-state index in [0.29, 0.717) is 19.3 Å². The predicted octanol–water partition coefficient (Wildman–Crippen LogP) is 2.66. The van der Waals surface area contributed by atoms with Crippen LogP contribution >= 0.6 is 0 Å². The van der Waals surface area contributed by atoms with E-state index >= 15 is 0 Å². The number of ketones is 1. The van der Waals surface area contributed by atoms with Gasteiger partial charge in [0.1, 0.15) is 11.4 Å². The van der Waals surface area contributed by atoms with Crippen LogP contribution in [0.25, 0.3) is 0 Å². The summed E-state index contributed by atoms with van der Waals surface area (Å²) in [6, 6.07) is -0.0367. The number of nitrogens with one attached hydrogen (secondary N) is 1. The molecule has 1 N–H and O–H groups in total. The molecule has 0 aromatic carbocycles. The highest BCUT2D eigenvalue weighted by molar-refractivity contribution is 5.78. The van der Waals surface area contributed by atoms with Crippen molar-refractivity contribution in [3.63, 3.8) is 0 Å². The molecule has 0 unspecified atom stereocenters. The molecule has 0 spiro atoms. The van der Waals surface area contributed by atoms with Gasteiger partial charge in [0, 0.05) is 18.9 Å². The maximum atomic E-state index is 11.4. The van der Waals surface area contributed by atoms with E-state index in [1.54, 1.807) is 0 Å². The number of carbonyl (C=O) groups excluding carboxylic acids is 2. The fourth-order valence-corrected chi connectivity index (χ4v) is 1.14. The van der Waals surface area contributed by atoms with Gasteiger partial charge in [-0.25, -0.2) is 4.79 Å². The lowest BCUT2D eigenvalue weighted by Crippen LogP contribution is -2.37. The molecule has 0 saturated heterocycles. The molecule has 0 saturated carbocycles. The maximum Gasteiger partial charge on any atom is 0.407 e. The Bertz CT molecular complexity index is 243. The largest absolute Gasteiger partial charge is 0.444 e. The van der Waals surface area contributed by atoms with Gasteiger partial charge in [0.15, 0.2) is 0 Å². The molecule has 0 fully saturated rings. The molecule has 0 radical (unpaired) electrons. The fourth-order valence-electron chi connectivity index (χ4n) is 1.14. The highest BCUT2D eigenvalue weighted by atomic mass is 16.6. The molecule has 0 aliphatic carbocycles. The molecule has 94 valence electrons. The molecule has 1 amide bonds. The summed E-state index contributed by atoms with van der Waals surface area (Å²) >= 11 is 0. The van der Waals surface area contributed by atoms with Gasteiger partial charge in [-0.15, -0.1) is 0 Å². The Morgan fingerprint density at radius 1 is 1.31 bits per heavy atom. The van der Waals surface area contributed by atoms with Crippen molar-refractivity contribution in [3.05, 3.63) is 0 Å². The number of hydrogen-bond acceptors (Lipinski definition) is 3. The highest BCUT2D eigenvalue weighted by Crippen LogP contribution is 2.07. The molecule has 0 bridgehead atoms. The zero-order valence-corrected chi connectivity index (χ0v) is 10.9. The summed E-state index contributed by atoms with van der Waals surface area (Å²) in [4.78, 5) is 22.5. The zero-order valence-electron chi connectivity index (χ0n) is 10.9. The minimum absolute atomic E-state index is 0.0367. The summed E-state index contributed by atoms with van der Waals surface area (Å²) in [5, 5.41) is 2.70.